The van der Waals surface area contributed by atoms with Gasteiger partial charge in [0.25, 0.3) is 0 Å². The van der Waals surface area contributed by atoms with Crippen molar-refractivity contribution in [3.8, 4) is 6.07 Å². The highest BCUT2D eigenvalue weighted by Gasteiger charge is 2.04. The van der Waals surface area contributed by atoms with Crippen LogP contribution in [0.15, 0.2) is 40.9 Å². The van der Waals surface area contributed by atoms with Crippen LogP contribution in [0.4, 0.5) is 0 Å². The highest BCUT2D eigenvalue weighted by molar-refractivity contribution is 9.10. The molecule has 0 spiro atoms. The average Bonchev–Trinajstić information content (AvgIpc) is 2.65. The van der Waals surface area contributed by atoms with Crippen molar-refractivity contribution in [2.24, 2.45) is 0 Å². The van der Waals surface area contributed by atoms with E-state index in [-0.39, 0.29) is 0 Å². The van der Waals surface area contributed by atoms with E-state index in [4.69, 9.17) is 5.26 Å². The molecule has 0 bridgehead atoms. The number of benzene rings is 2. The van der Waals surface area contributed by atoms with Gasteiger partial charge < -0.3 is 4.98 Å². The third-order valence-corrected chi connectivity index (χ3v) is 3.18. The molecule has 0 atom stereocenters. The summed E-state index contributed by atoms with van der Waals surface area (Å²) >= 11 is 3.45. The van der Waals surface area contributed by atoms with Gasteiger partial charge in [-0.15, -0.1) is 0 Å². The number of rotatable bonds is 0. The summed E-state index contributed by atoms with van der Waals surface area (Å²) in [5, 5.41) is 11.1. The maximum absolute atomic E-state index is 8.88. The standard InChI is InChI=1S/C13H7BrN2/c14-9-2-3-10-11-5-8(7-15)1-4-12(11)16-13(10)6-9/h1-6,16H. The topological polar surface area (TPSA) is 39.6 Å². The largest absolute Gasteiger partial charge is 0.354 e. The fourth-order valence-electron chi connectivity index (χ4n) is 1.95. The lowest BCUT2D eigenvalue weighted by atomic mass is 10.1. The number of aromatic amines is 1. The van der Waals surface area contributed by atoms with Gasteiger partial charge in [-0.05, 0) is 30.3 Å². The molecule has 1 heterocycles. The highest BCUT2D eigenvalue weighted by atomic mass is 79.9. The van der Waals surface area contributed by atoms with E-state index in [0.717, 1.165) is 26.3 Å². The Labute approximate surface area is 101 Å². The molecular weight excluding hydrogens is 264 g/mol. The summed E-state index contributed by atoms with van der Waals surface area (Å²) in [6, 6.07) is 14.0. The molecule has 2 aromatic carbocycles. The molecular formula is C13H7BrN2. The predicted octanol–water partition coefficient (Wildman–Crippen LogP) is 3.96. The summed E-state index contributed by atoms with van der Waals surface area (Å²) in [4.78, 5) is 3.33. The number of nitrogens with one attached hydrogen (secondary N) is 1. The number of hydrogen-bond acceptors (Lipinski definition) is 1. The van der Waals surface area contributed by atoms with E-state index in [1.54, 1.807) is 0 Å². The lowest BCUT2D eigenvalue weighted by Crippen LogP contribution is -1.72. The minimum absolute atomic E-state index is 0.691. The number of nitriles is 1. The Morgan fingerprint density at radius 3 is 2.69 bits per heavy atom. The third-order valence-electron chi connectivity index (χ3n) is 2.69. The quantitative estimate of drug-likeness (QED) is 0.660. The maximum Gasteiger partial charge on any atom is 0.0991 e. The monoisotopic (exact) mass is 270 g/mol. The molecule has 3 rings (SSSR count). The molecule has 0 unspecified atom stereocenters. The molecule has 0 aliphatic rings. The van der Waals surface area contributed by atoms with Crippen LogP contribution in [-0.4, -0.2) is 4.98 Å². The number of nitrogens with zero attached hydrogens (tertiary/aromatic N) is 1. The van der Waals surface area contributed by atoms with Gasteiger partial charge in [-0.3, -0.25) is 0 Å². The fraction of sp³-hybridized carbons (Fsp3) is 0. The van der Waals surface area contributed by atoms with Crippen molar-refractivity contribution in [2.45, 2.75) is 0 Å². The number of halogens is 1. The van der Waals surface area contributed by atoms with Crippen LogP contribution >= 0.6 is 15.9 Å². The first-order valence-electron chi connectivity index (χ1n) is 4.89. The second kappa shape index (κ2) is 3.36. The van der Waals surface area contributed by atoms with Crippen LogP contribution in [0.5, 0.6) is 0 Å². The van der Waals surface area contributed by atoms with Crippen molar-refractivity contribution in [3.05, 3.63) is 46.4 Å². The molecule has 1 N–H and O–H groups in total. The van der Waals surface area contributed by atoms with Crippen LogP contribution in [-0.2, 0) is 0 Å². The zero-order valence-corrected chi connectivity index (χ0v) is 9.88. The van der Waals surface area contributed by atoms with Gasteiger partial charge in [0.1, 0.15) is 0 Å². The van der Waals surface area contributed by atoms with E-state index in [9.17, 15) is 0 Å². The van der Waals surface area contributed by atoms with Gasteiger partial charge in [-0.2, -0.15) is 5.26 Å². The molecule has 3 aromatic rings. The van der Waals surface area contributed by atoms with Gasteiger partial charge in [0.15, 0.2) is 0 Å². The van der Waals surface area contributed by atoms with E-state index in [2.05, 4.69) is 33.0 Å². The zero-order valence-electron chi connectivity index (χ0n) is 8.29. The summed E-state index contributed by atoms with van der Waals surface area (Å²) in [5.41, 5.74) is 2.84. The Morgan fingerprint density at radius 1 is 1.00 bits per heavy atom. The van der Waals surface area contributed by atoms with Gasteiger partial charge in [-0.1, -0.05) is 22.0 Å². The minimum atomic E-state index is 0.691. The highest BCUT2D eigenvalue weighted by Crippen LogP contribution is 2.28. The van der Waals surface area contributed by atoms with E-state index in [1.165, 1.54) is 0 Å². The SMILES string of the molecule is N#Cc1ccc2[nH]c3cc(Br)ccc3c2c1. The smallest absolute Gasteiger partial charge is 0.0991 e. The van der Waals surface area contributed by atoms with E-state index in [1.807, 2.05) is 30.3 Å². The summed E-state index contributed by atoms with van der Waals surface area (Å²) < 4.78 is 1.05. The van der Waals surface area contributed by atoms with Gasteiger partial charge in [-0.25, -0.2) is 0 Å². The first-order valence-corrected chi connectivity index (χ1v) is 5.68. The lowest BCUT2D eigenvalue weighted by Gasteiger charge is -1.92. The van der Waals surface area contributed by atoms with Gasteiger partial charge in [0.05, 0.1) is 11.6 Å². The summed E-state index contributed by atoms with van der Waals surface area (Å²) in [7, 11) is 0. The van der Waals surface area contributed by atoms with E-state index in [0.29, 0.717) is 5.56 Å². The normalized spacial score (nSPS) is 10.8. The van der Waals surface area contributed by atoms with Crippen molar-refractivity contribution < 1.29 is 0 Å². The van der Waals surface area contributed by atoms with Crippen molar-refractivity contribution in [2.75, 3.05) is 0 Å². The summed E-state index contributed by atoms with van der Waals surface area (Å²) in [5.74, 6) is 0. The third kappa shape index (κ3) is 1.31. The van der Waals surface area contributed by atoms with Crippen LogP contribution in [0.3, 0.4) is 0 Å². The molecule has 0 saturated carbocycles. The van der Waals surface area contributed by atoms with E-state index < -0.39 is 0 Å². The summed E-state index contributed by atoms with van der Waals surface area (Å²) in [6.45, 7) is 0. The molecule has 0 radical (unpaired) electrons. The Bertz CT molecular complexity index is 735. The van der Waals surface area contributed by atoms with E-state index >= 15 is 0 Å². The molecule has 0 amide bonds. The molecule has 16 heavy (non-hydrogen) atoms. The second-order valence-corrected chi connectivity index (χ2v) is 4.60. The predicted molar refractivity (Wildman–Crippen MR) is 68.2 cm³/mol. The number of fused-ring (bicyclic) bond motifs is 3. The summed E-state index contributed by atoms with van der Waals surface area (Å²) in [6.07, 6.45) is 0. The molecule has 0 aliphatic heterocycles. The Hall–Kier alpha value is -1.79. The van der Waals surface area contributed by atoms with Crippen LogP contribution in [0.2, 0.25) is 0 Å². The van der Waals surface area contributed by atoms with Gasteiger partial charge >= 0.3 is 0 Å². The Morgan fingerprint density at radius 2 is 1.88 bits per heavy atom. The van der Waals surface area contributed by atoms with Crippen LogP contribution in [0.1, 0.15) is 5.56 Å². The molecule has 1 aromatic heterocycles. The van der Waals surface area contributed by atoms with Gasteiger partial charge in [0.2, 0.25) is 0 Å². The van der Waals surface area contributed by atoms with Crippen LogP contribution in [0.25, 0.3) is 21.8 Å². The molecule has 0 fully saturated rings. The second-order valence-electron chi connectivity index (χ2n) is 3.69. The van der Waals surface area contributed by atoms with Crippen molar-refractivity contribution >= 4 is 37.7 Å². The van der Waals surface area contributed by atoms with Crippen LogP contribution < -0.4 is 0 Å². The number of H-pyrrole nitrogens is 1. The first kappa shape index (κ1) is 9.44. The molecule has 3 heteroatoms. The maximum atomic E-state index is 8.88. The molecule has 0 saturated heterocycles. The number of aromatic nitrogens is 1. The zero-order chi connectivity index (χ0) is 11.1. The number of hydrogen-bond donors (Lipinski definition) is 1. The van der Waals surface area contributed by atoms with Crippen LogP contribution in [0, 0.1) is 11.3 Å². The van der Waals surface area contributed by atoms with Crippen molar-refractivity contribution in [1.29, 1.82) is 5.26 Å². The Kier molecular flexibility index (Phi) is 1.98. The minimum Gasteiger partial charge on any atom is -0.354 e. The molecule has 0 aliphatic carbocycles. The average molecular weight is 271 g/mol. The molecule has 76 valence electrons. The molecule has 2 nitrogen and oxygen atoms in total. The van der Waals surface area contributed by atoms with Crippen molar-refractivity contribution in [3.63, 3.8) is 0 Å². The first-order chi connectivity index (χ1) is 7.78. The lowest BCUT2D eigenvalue weighted by molar-refractivity contribution is 1.49. The van der Waals surface area contributed by atoms with Crippen molar-refractivity contribution in [1.82, 2.24) is 4.98 Å². The fourth-order valence-corrected chi connectivity index (χ4v) is 2.31. The van der Waals surface area contributed by atoms with Gasteiger partial charge in [0, 0.05) is 26.3 Å². The Balaban J connectivity index is 2.48.